The first-order valence-corrected chi connectivity index (χ1v) is 15.2. The number of alkyl halides is 3. The molecule has 0 spiro atoms. The molecule has 2 saturated heterocycles. The third-order valence-corrected chi connectivity index (χ3v) is 10.0. The minimum Gasteiger partial charge on any atom is -0.461 e. The number of rotatable bonds is 7. The summed E-state index contributed by atoms with van der Waals surface area (Å²) in [5.74, 6) is -2.57. The van der Waals surface area contributed by atoms with Crippen LogP contribution in [-0.4, -0.2) is 75.7 Å². The molecule has 3 fully saturated rings. The second-order valence-corrected chi connectivity index (χ2v) is 12.8. The maximum absolute atomic E-state index is 16.8. The highest BCUT2D eigenvalue weighted by atomic mass is 32.1. The second kappa shape index (κ2) is 10.5. The third-order valence-electron chi connectivity index (χ3n) is 9.11. The average molecular weight is 637 g/mol. The Labute approximate surface area is 252 Å². The zero-order valence-corrected chi connectivity index (χ0v) is 24.4. The van der Waals surface area contributed by atoms with Crippen LogP contribution in [0, 0.1) is 11.6 Å². The van der Waals surface area contributed by atoms with Gasteiger partial charge in [-0.3, -0.25) is 4.90 Å². The maximum Gasteiger partial charge on any atom is 0.573 e. The van der Waals surface area contributed by atoms with E-state index in [9.17, 15) is 22.7 Å². The number of nitrogen functional groups attached to an aromatic ring is 1. The Morgan fingerprint density at radius 3 is 2.52 bits per heavy atom. The van der Waals surface area contributed by atoms with Crippen molar-refractivity contribution in [3.05, 3.63) is 29.8 Å². The fraction of sp³-hybridized carbons (Fsp3) is 0.483. The van der Waals surface area contributed by atoms with Gasteiger partial charge in [0.1, 0.15) is 29.5 Å². The molecule has 0 unspecified atom stereocenters. The van der Waals surface area contributed by atoms with E-state index in [0.29, 0.717) is 12.8 Å². The second-order valence-electron chi connectivity index (χ2n) is 11.8. The summed E-state index contributed by atoms with van der Waals surface area (Å²) in [6.07, 6.45) is -0.942. The van der Waals surface area contributed by atoms with Gasteiger partial charge in [-0.15, -0.1) is 13.2 Å². The van der Waals surface area contributed by atoms with Crippen molar-refractivity contribution in [3.8, 4) is 22.9 Å². The highest BCUT2D eigenvalue weighted by Crippen LogP contribution is 2.46. The quantitative estimate of drug-likeness (QED) is 0.250. The monoisotopic (exact) mass is 636 g/mol. The Hall–Kier alpha value is -3.56. The largest absolute Gasteiger partial charge is 0.573 e. The van der Waals surface area contributed by atoms with Crippen LogP contribution in [0.5, 0.6) is 11.8 Å². The SMILES string of the molecule is CN(c1nc(OCC23CCCN2CCC3)nc2c(F)c(-c3ccc(F)c4sc(N)nc34)c(OC(F)(F)F)cc12)C1CC(O)C1. The molecule has 9 nitrogen and oxygen atoms in total. The van der Waals surface area contributed by atoms with E-state index in [1.54, 1.807) is 11.9 Å². The van der Waals surface area contributed by atoms with Gasteiger partial charge in [0.2, 0.25) is 0 Å². The Kier molecular flexibility index (Phi) is 6.97. The maximum atomic E-state index is 16.8. The van der Waals surface area contributed by atoms with Gasteiger partial charge in [0.05, 0.1) is 27.4 Å². The Balaban J connectivity index is 1.42. The van der Waals surface area contributed by atoms with E-state index < -0.39 is 35.4 Å². The summed E-state index contributed by atoms with van der Waals surface area (Å²) in [6, 6.07) is 2.87. The highest BCUT2D eigenvalue weighted by molar-refractivity contribution is 7.22. The number of thiazole rings is 1. The van der Waals surface area contributed by atoms with Gasteiger partial charge in [-0.05, 0) is 69.8 Å². The first-order chi connectivity index (χ1) is 20.9. The zero-order chi connectivity index (χ0) is 31.0. The molecule has 4 aromatic rings. The molecule has 7 rings (SSSR count). The molecule has 1 aliphatic carbocycles. The number of anilines is 2. The third kappa shape index (κ3) is 4.94. The number of hydrogen-bond acceptors (Lipinski definition) is 10. The van der Waals surface area contributed by atoms with Crippen molar-refractivity contribution < 1.29 is 36.5 Å². The van der Waals surface area contributed by atoms with Gasteiger partial charge in [-0.1, -0.05) is 11.3 Å². The van der Waals surface area contributed by atoms with Gasteiger partial charge < -0.3 is 25.2 Å². The van der Waals surface area contributed by atoms with Crippen LogP contribution in [0.1, 0.15) is 38.5 Å². The topological polar surface area (TPSA) is 110 Å². The van der Waals surface area contributed by atoms with Crippen LogP contribution in [0.3, 0.4) is 0 Å². The minimum atomic E-state index is -5.18. The fourth-order valence-corrected chi connectivity index (χ4v) is 7.62. The Morgan fingerprint density at radius 1 is 1.11 bits per heavy atom. The molecule has 2 aromatic carbocycles. The number of aliphatic hydroxyl groups excluding tert-OH is 1. The number of halogens is 5. The molecular formula is C29H29F5N6O3S. The molecule has 0 radical (unpaired) electrons. The van der Waals surface area contributed by atoms with Gasteiger partial charge in [0.15, 0.2) is 10.9 Å². The summed E-state index contributed by atoms with van der Waals surface area (Å²) < 4.78 is 83.0. The fourth-order valence-electron chi connectivity index (χ4n) is 6.86. The van der Waals surface area contributed by atoms with E-state index in [2.05, 4.69) is 24.6 Å². The predicted octanol–water partition coefficient (Wildman–Crippen LogP) is 5.63. The van der Waals surface area contributed by atoms with Gasteiger partial charge in [-0.25, -0.2) is 13.8 Å². The molecule has 2 aromatic heterocycles. The molecule has 3 aliphatic rings. The van der Waals surface area contributed by atoms with Crippen molar-refractivity contribution in [2.24, 2.45) is 0 Å². The van der Waals surface area contributed by atoms with Crippen LogP contribution in [-0.2, 0) is 0 Å². The van der Waals surface area contributed by atoms with E-state index in [4.69, 9.17) is 10.5 Å². The molecular weight excluding hydrogens is 607 g/mol. The zero-order valence-electron chi connectivity index (χ0n) is 23.6. The normalized spacial score (nSPS) is 21.5. The van der Waals surface area contributed by atoms with Gasteiger partial charge >= 0.3 is 12.4 Å². The number of ether oxygens (including phenoxy) is 2. The van der Waals surface area contributed by atoms with Crippen molar-refractivity contribution in [2.45, 2.75) is 62.6 Å². The van der Waals surface area contributed by atoms with Crippen LogP contribution in [0.2, 0.25) is 0 Å². The molecule has 0 amide bonds. The van der Waals surface area contributed by atoms with Crippen molar-refractivity contribution in [1.29, 1.82) is 0 Å². The lowest BCUT2D eigenvalue weighted by molar-refractivity contribution is -0.274. The van der Waals surface area contributed by atoms with Crippen LogP contribution in [0.15, 0.2) is 18.2 Å². The van der Waals surface area contributed by atoms with Gasteiger partial charge in [0.25, 0.3) is 0 Å². The van der Waals surface area contributed by atoms with Gasteiger partial charge in [0, 0.05) is 24.0 Å². The molecule has 3 N–H and O–H groups in total. The van der Waals surface area contributed by atoms with E-state index in [1.165, 1.54) is 0 Å². The molecule has 44 heavy (non-hydrogen) atoms. The predicted molar refractivity (Wildman–Crippen MR) is 155 cm³/mol. The lowest BCUT2D eigenvalue weighted by Gasteiger charge is -2.39. The summed E-state index contributed by atoms with van der Waals surface area (Å²) in [4.78, 5) is 17.1. The minimum absolute atomic E-state index is 0.0370. The van der Waals surface area contributed by atoms with E-state index in [0.717, 1.165) is 68.3 Å². The molecule has 4 heterocycles. The molecule has 234 valence electrons. The molecule has 15 heteroatoms. The summed E-state index contributed by atoms with van der Waals surface area (Å²) in [5.41, 5.74) is 4.49. The number of nitrogens with two attached hydrogens (primary N) is 1. The van der Waals surface area contributed by atoms with E-state index in [1.807, 2.05) is 0 Å². The van der Waals surface area contributed by atoms with Crippen LogP contribution in [0.4, 0.5) is 32.9 Å². The van der Waals surface area contributed by atoms with Crippen molar-refractivity contribution >= 4 is 43.4 Å². The Bertz CT molecular complexity index is 1750. The van der Waals surface area contributed by atoms with Gasteiger partial charge in [-0.2, -0.15) is 9.97 Å². The smallest absolute Gasteiger partial charge is 0.461 e. The summed E-state index contributed by atoms with van der Waals surface area (Å²) in [6.45, 7) is 2.21. The van der Waals surface area contributed by atoms with E-state index in [-0.39, 0.29) is 61.8 Å². The summed E-state index contributed by atoms with van der Waals surface area (Å²) in [5, 5.41) is 9.84. The average Bonchev–Trinajstić information content (AvgIpc) is 3.64. The number of fused-ring (bicyclic) bond motifs is 3. The van der Waals surface area contributed by atoms with Crippen LogP contribution >= 0.6 is 11.3 Å². The highest BCUT2D eigenvalue weighted by Gasteiger charge is 2.45. The van der Waals surface area contributed by atoms with Crippen molar-refractivity contribution in [3.63, 3.8) is 0 Å². The number of nitrogens with zero attached hydrogens (tertiary/aromatic N) is 5. The number of aliphatic hydroxyl groups is 1. The van der Waals surface area contributed by atoms with Crippen LogP contribution in [0.25, 0.3) is 32.2 Å². The summed E-state index contributed by atoms with van der Waals surface area (Å²) >= 11 is 0.792. The molecule has 1 saturated carbocycles. The first kappa shape index (κ1) is 29.2. The molecule has 0 atom stereocenters. The number of benzene rings is 2. The molecule has 2 aliphatic heterocycles. The summed E-state index contributed by atoms with van der Waals surface area (Å²) in [7, 11) is 1.67. The van der Waals surface area contributed by atoms with Crippen LogP contribution < -0.4 is 20.1 Å². The Morgan fingerprint density at radius 2 is 1.84 bits per heavy atom. The lowest BCUT2D eigenvalue weighted by Crippen LogP contribution is -2.46. The number of hydrogen-bond donors (Lipinski definition) is 2. The van der Waals surface area contributed by atoms with E-state index >= 15 is 4.39 Å². The lowest BCUT2D eigenvalue weighted by atomic mass is 9.88. The first-order valence-electron chi connectivity index (χ1n) is 14.4. The standard InChI is InChI=1S/C29H29F5N6O3S/c1-39(14-10-15(41)11-14)25-17-12-19(43-29(32,33)34)20(16-4-5-18(30)24-23(16)36-26(35)44-24)21(31)22(17)37-27(38-25)42-13-28-6-2-8-40(28)9-3-7-28/h4-5,12,14-15,41H,2-3,6-11,13H2,1H3,(H2,35,36). The van der Waals surface area contributed by atoms with Crippen molar-refractivity contribution in [1.82, 2.24) is 19.9 Å². The molecule has 0 bridgehead atoms. The van der Waals surface area contributed by atoms with Crippen molar-refractivity contribution in [2.75, 3.05) is 37.4 Å². The number of aromatic nitrogens is 3.